The van der Waals surface area contributed by atoms with Crippen molar-refractivity contribution in [2.24, 2.45) is 0 Å². The van der Waals surface area contributed by atoms with Crippen molar-refractivity contribution in [2.45, 2.75) is 12.7 Å². The molecule has 0 N–H and O–H groups in total. The van der Waals surface area contributed by atoms with Crippen molar-refractivity contribution in [1.29, 1.82) is 0 Å². The highest BCUT2D eigenvalue weighted by Crippen LogP contribution is 2.33. The largest absolute Gasteiger partial charge is 0.416 e. The van der Waals surface area contributed by atoms with Gasteiger partial charge in [-0.25, -0.2) is 0 Å². The molecule has 2 aliphatic rings. The highest BCUT2D eigenvalue weighted by atomic mass is 19.4. The Morgan fingerprint density at radius 3 is 2.43 bits per heavy atom. The van der Waals surface area contributed by atoms with Crippen LogP contribution in [-0.2, 0) is 12.7 Å². The van der Waals surface area contributed by atoms with Gasteiger partial charge < -0.3 is 9.80 Å². The first-order valence-corrected chi connectivity index (χ1v) is 11.5. The van der Waals surface area contributed by atoms with Crippen LogP contribution >= 0.6 is 0 Å². The first kappa shape index (κ1) is 23.1. The van der Waals surface area contributed by atoms with E-state index in [2.05, 4.69) is 34.2 Å². The molecule has 1 fully saturated rings. The van der Waals surface area contributed by atoms with E-state index in [-0.39, 0.29) is 18.0 Å². The maximum absolute atomic E-state index is 13.3. The van der Waals surface area contributed by atoms with Crippen molar-refractivity contribution in [3.05, 3.63) is 95.3 Å². The lowest BCUT2D eigenvalue weighted by atomic mass is 10.1. The highest BCUT2D eigenvalue weighted by Gasteiger charge is 2.34. The standard InChI is InChI=1S/C27H25F3N4O/c28-27(29,30)24-11-12-31-18-22(24)19-32-14-16-33(17-15-32)26(35)21-7-9-23(10-8-21)34-13-3-5-20-4-1-2-6-25(20)34/h1-12,18H,13-17,19H2. The van der Waals surface area contributed by atoms with Crippen molar-refractivity contribution in [3.63, 3.8) is 0 Å². The van der Waals surface area contributed by atoms with Crippen molar-refractivity contribution in [1.82, 2.24) is 14.8 Å². The third-order valence-electron chi connectivity index (χ3n) is 6.50. The van der Waals surface area contributed by atoms with Crippen LogP contribution in [0.4, 0.5) is 24.5 Å². The van der Waals surface area contributed by atoms with Gasteiger partial charge in [0.25, 0.3) is 5.91 Å². The molecule has 180 valence electrons. The molecule has 0 spiro atoms. The van der Waals surface area contributed by atoms with Gasteiger partial charge in [-0.15, -0.1) is 0 Å². The summed E-state index contributed by atoms with van der Waals surface area (Å²) in [4.78, 5) is 22.8. The van der Waals surface area contributed by atoms with Gasteiger partial charge in [0.2, 0.25) is 0 Å². The zero-order valence-corrected chi connectivity index (χ0v) is 19.1. The maximum atomic E-state index is 13.3. The minimum atomic E-state index is -4.41. The molecule has 0 radical (unpaired) electrons. The van der Waals surface area contributed by atoms with Gasteiger partial charge in [0, 0.05) is 68.6 Å². The van der Waals surface area contributed by atoms with Crippen LogP contribution in [0.2, 0.25) is 0 Å². The average molecular weight is 479 g/mol. The molecular weight excluding hydrogens is 453 g/mol. The van der Waals surface area contributed by atoms with Gasteiger partial charge in [-0.05, 0) is 47.5 Å². The molecule has 0 unspecified atom stereocenters. The number of benzene rings is 2. The van der Waals surface area contributed by atoms with Crippen molar-refractivity contribution in [3.8, 4) is 0 Å². The van der Waals surface area contributed by atoms with E-state index < -0.39 is 11.7 Å². The van der Waals surface area contributed by atoms with Crippen LogP contribution in [-0.4, -0.2) is 53.4 Å². The van der Waals surface area contributed by atoms with Gasteiger partial charge in [0.05, 0.1) is 5.56 Å². The second kappa shape index (κ2) is 9.54. The number of anilines is 2. The third-order valence-corrected chi connectivity index (χ3v) is 6.50. The Morgan fingerprint density at radius 2 is 1.69 bits per heavy atom. The third kappa shape index (κ3) is 4.93. The predicted molar refractivity (Wildman–Crippen MR) is 129 cm³/mol. The van der Waals surface area contributed by atoms with Crippen LogP contribution in [0, 0.1) is 0 Å². The molecule has 5 rings (SSSR count). The summed E-state index contributed by atoms with van der Waals surface area (Å²) in [5.41, 5.74) is 3.41. The fourth-order valence-electron chi connectivity index (χ4n) is 4.65. The molecular formula is C27H25F3N4O. The van der Waals surface area contributed by atoms with Crippen LogP contribution in [0.3, 0.4) is 0 Å². The van der Waals surface area contributed by atoms with E-state index in [0.717, 1.165) is 35.7 Å². The molecule has 1 aromatic heterocycles. The molecule has 3 aromatic rings. The number of aromatic nitrogens is 1. The van der Waals surface area contributed by atoms with Crippen LogP contribution in [0.5, 0.6) is 0 Å². The van der Waals surface area contributed by atoms with Gasteiger partial charge in [0.1, 0.15) is 0 Å². The second-order valence-corrected chi connectivity index (χ2v) is 8.72. The predicted octanol–water partition coefficient (Wildman–Crippen LogP) is 5.22. The SMILES string of the molecule is O=C(c1ccc(N2CC=Cc3ccccc32)cc1)N1CCN(Cc2cnccc2C(F)(F)F)CC1. The number of carbonyl (C=O) groups excluding carboxylic acids is 1. The summed E-state index contributed by atoms with van der Waals surface area (Å²) < 4.78 is 39.8. The lowest BCUT2D eigenvalue weighted by Gasteiger charge is -2.35. The second-order valence-electron chi connectivity index (χ2n) is 8.72. The number of halogens is 3. The summed E-state index contributed by atoms with van der Waals surface area (Å²) in [6, 6.07) is 16.8. The smallest absolute Gasteiger partial charge is 0.337 e. The summed E-state index contributed by atoms with van der Waals surface area (Å²) in [5, 5.41) is 0. The number of alkyl halides is 3. The fraction of sp³-hybridized carbons (Fsp3) is 0.259. The normalized spacial score (nSPS) is 16.3. The molecule has 0 saturated carbocycles. The van der Waals surface area contributed by atoms with Gasteiger partial charge in [-0.2, -0.15) is 13.2 Å². The number of carbonyl (C=O) groups is 1. The monoisotopic (exact) mass is 478 g/mol. The summed E-state index contributed by atoms with van der Waals surface area (Å²) in [6.45, 7) is 2.86. The molecule has 5 nitrogen and oxygen atoms in total. The van der Waals surface area contributed by atoms with E-state index in [9.17, 15) is 18.0 Å². The summed E-state index contributed by atoms with van der Waals surface area (Å²) >= 11 is 0. The van der Waals surface area contributed by atoms with Crippen LogP contribution < -0.4 is 4.90 Å². The Kier molecular flexibility index (Phi) is 6.30. The molecule has 35 heavy (non-hydrogen) atoms. The Labute approximate surface area is 202 Å². The highest BCUT2D eigenvalue weighted by molar-refractivity contribution is 5.95. The molecule has 1 saturated heterocycles. The van der Waals surface area contributed by atoms with Gasteiger partial charge in [-0.3, -0.25) is 14.7 Å². The first-order chi connectivity index (χ1) is 16.9. The number of amides is 1. The lowest BCUT2D eigenvalue weighted by molar-refractivity contribution is -0.138. The number of para-hydroxylation sites is 1. The van der Waals surface area contributed by atoms with E-state index in [1.807, 2.05) is 41.3 Å². The lowest BCUT2D eigenvalue weighted by Crippen LogP contribution is -2.48. The van der Waals surface area contributed by atoms with E-state index in [4.69, 9.17) is 0 Å². The Morgan fingerprint density at radius 1 is 0.943 bits per heavy atom. The van der Waals surface area contributed by atoms with Gasteiger partial charge >= 0.3 is 6.18 Å². The molecule has 0 aliphatic carbocycles. The number of fused-ring (bicyclic) bond motifs is 1. The topological polar surface area (TPSA) is 39.7 Å². The fourth-order valence-corrected chi connectivity index (χ4v) is 4.65. The molecule has 2 aromatic carbocycles. The number of rotatable bonds is 4. The number of piperazine rings is 1. The molecule has 2 aliphatic heterocycles. The zero-order valence-electron chi connectivity index (χ0n) is 19.1. The number of hydrogen-bond donors (Lipinski definition) is 0. The minimum Gasteiger partial charge on any atom is -0.337 e. The van der Waals surface area contributed by atoms with E-state index in [1.54, 1.807) is 4.90 Å². The van der Waals surface area contributed by atoms with Crippen LogP contribution in [0.1, 0.15) is 27.0 Å². The molecule has 8 heteroatoms. The van der Waals surface area contributed by atoms with Crippen LogP contribution in [0.15, 0.2) is 73.1 Å². The average Bonchev–Trinajstić information content (AvgIpc) is 2.88. The first-order valence-electron chi connectivity index (χ1n) is 11.5. The van der Waals surface area contributed by atoms with Gasteiger partial charge in [0.15, 0.2) is 0 Å². The summed E-state index contributed by atoms with van der Waals surface area (Å²) in [6.07, 6.45) is 2.26. The number of pyridine rings is 1. The summed E-state index contributed by atoms with van der Waals surface area (Å²) in [7, 11) is 0. The maximum Gasteiger partial charge on any atom is 0.416 e. The number of hydrogen-bond acceptors (Lipinski definition) is 4. The molecule has 0 atom stereocenters. The number of nitrogens with zero attached hydrogens (tertiary/aromatic N) is 4. The Hall–Kier alpha value is -3.65. The van der Waals surface area contributed by atoms with Gasteiger partial charge in [-0.1, -0.05) is 30.4 Å². The Balaban J connectivity index is 1.21. The Bertz CT molecular complexity index is 1230. The van der Waals surface area contributed by atoms with E-state index >= 15 is 0 Å². The van der Waals surface area contributed by atoms with Crippen molar-refractivity contribution >= 4 is 23.4 Å². The molecule has 0 bridgehead atoms. The van der Waals surface area contributed by atoms with E-state index in [0.29, 0.717) is 31.7 Å². The minimum absolute atomic E-state index is 0.0625. The molecule has 3 heterocycles. The quantitative estimate of drug-likeness (QED) is 0.515. The molecule has 1 amide bonds. The zero-order chi connectivity index (χ0) is 24.4. The van der Waals surface area contributed by atoms with E-state index in [1.165, 1.54) is 6.20 Å². The van der Waals surface area contributed by atoms with Crippen LogP contribution in [0.25, 0.3) is 6.08 Å². The van der Waals surface area contributed by atoms with Crippen molar-refractivity contribution < 1.29 is 18.0 Å². The summed E-state index contributed by atoms with van der Waals surface area (Å²) in [5.74, 6) is -0.0625. The van der Waals surface area contributed by atoms with Crippen molar-refractivity contribution in [2.75, 3.05) is 37.6 Å².